The summed E-state index contributed by atoms with van der Waals surface area (Å²) < 4.78 is 2.02. The molecule has 0 radical (unpaired) electrons. The standard InChI is InChI=1S/C16H24N6O/c1-21-8-6-18-15(21)4-5-17-14-9-16(20-12-19-14)22-7-2-3-13(10-22)11-23/h6,8-9,12-13,23H,2-5,7,10-11H2,1H3,(H,17,19,20). The Labute approximate surface area is 136 Å². The molecule has 2 N–H and O–H groups in total. The molecular weight excluding hydrogens is 292 g/mol. The van der Waals surface area contributed by atoms with E-state index in [0.29, 0.717) is 5.92 Å². The van der Waals surface area contributed by atoms with Crippen LogP contribution in [0.3, 0.4) is 0 Å². The van der Waals surface area contributed by atoms with E-state index in [4.69, 9.17) is 0 Å². The third kappa shape index (κ3) is 3.98. The van der Waals surface area contributed by atoms with E-state index in [1.165, 1.54) is 0 Å². The second-order valence-electron chi connectivity index (χ2n) is 6.03. The van der Waals surface area contributed by atoms with Crippen molar-refractivity contribution < 1.29 is 5.11 Å². The van der Waals surface area contributed by atoms with E-state index in [0.717, 1.165) is 56.4 Å². The van der Waals surface area contributed by atoms with Crippen molar-refractivity contribution >= 4 is 11.6 Å². The maximum absolute atomic E-state index is 9.36. The molecule has 1 aliphatic rings. The second kappa shape index (κ2) is 7.41. The number of anilines is 2. The Morgan fingerprint density at radius 2 is 2.26 bits per heavy atom. The summed E-state index contributed by atoms with van der Waals surface area (Å²) in [4.78, 5) is 15.2. The molecule has 0 amide bonds. The summed E-state index contributed by atoms with van der Waals surface area (Å²) in [7, 11) is 2.00. The molecule has 1 atom stereocenters. The average Bonchev–Trinajstić information content (AvgIpc) is 3.00. The third-order valence-corrected chi connectivity index (χ3v) is 4.33. The van der Waals surface area contributed by atoms with Crippen molar-refractivity contribution in [3.8, 4) is 0 Å². The lowest BCUT2D eigenvalue weighted by Gasteiger charge is -2.32. The van der Waals surface area contributed by atoms with Gasteiger partial charge in [-0.2, -0.15) is 0 Å². The van der Waals surface area contributed by atoms with Gasteiger partial charge in [0.25, 0.3) is 0 Å². The highest BCUT2D eigenvalue weighted by molar-refractivity contribution is 5.48. The first-order valence-electron chi connectivity index (χ1n) is 8.14. The molecule has 3 heterocycles. The van der Waals surface area contributed by atoms with Crippen molar-refractivity contribution in [2.24, 2.45) is 13.0 Å². The summed E-state index contributed by atoms with van der Waals surface area (Å²) in [6, 6.07) is 1.98. The van der Waals surface area contributed by atoms with Gasteiger partial charge in [0.2, 0.25) is 0 Å². The van der Waals surface area contributed by atoms with Crippen molar-refractivity contribution in [2.45, 2.75) is 19.3 Å². The number of hydrogen-bond donors (Lipinski definition) is 2. The van der Waals surface area contributed by atoms with Crippen LogP contribution in [0, 0.1) is 5.92 Å². The number of rotatable bonds is 6. The zero-order valence-electron chi connectivity index (χ0n) is 13.5. The van der Waals surface area contributed by atoms with E-state index >= 15 is 0 Å². The van der Waals surface area contributed by atoms with E-state index in [2.05, 4.69) is 25.2 Å². The lowest BCUT2D eigenvalue weighted by Crippen LogP contribution is -2.37. The van der Waals surface area contributed by atoms with Gasteiger partial charge in [0.15, 0.2) is 0 Å². The minimum absolute atomic E-state index is 0.246. The highest BCUT2D eigenvalue weighted by Gasteiger charge is 2.20. The fourth-order valence-electron chi connectivity index (χ4n) is 2.98. The number of aryl methyl sites for hydroxylation is 1. The summed E-state index contributed by atoms with van der Waals surface area (Å²) in [5.41, 5.74) is 0. The zero-order chi connectivity index (χ0) is 16.1. The Bertz CT molecular complexity index is 629. The smallest absolute Gasteiger partial charge is 0.134 e. The normalized spacial score (nSPS) is 18.2. The highest BCUT2D eigenvalue weighted by atomic mass is 16.3. The first kappa shape index (κ1) is 15.7. The SMILES string of the molecule is Cn1ccnc1CCNc1cc(N2CCCC(CO)C2)ncn1. The third-order valence-electron chi connectivity index (χ3n) is 4.33. The van der Waals surface area contributed by atoms with Gasteiger partial charge in [-0.15, -0.1) is 0 Å². The van der Waals surface area contributed by atoms with E-state index < -0.39 is 0 Å². The first-order chi connectivity index (χ1) is 11.3. The molecule has 7 heteroatoms. The molecular formula is C16H24N6O. The molecule has 0 aromatic carbocycles. The van der Waals surface area contributed by atoms with Gasteiger partial charge in [-0.05, 0) is 18.8 Å². The predicted octanol–water partition coefficient (Wildman–Crippen LogP) is 1.07. The van der Waals surface area contributed by atoms with Gasteiger partial charge in [0.05, 0.1) is 0 Å². The maximum Gasteiger partial charge on any atom is 0.134 e. The molecule has 0 bridgehead atoms. The number of aliphatic hydroxyl groups is 1. The van der Waals surface area contributed by atoms with Gasteiger partial charge in [-0.25, -0.2) is 15.0 Å². The molecule has 3 rings (SSSR count). The first-order valence-corrected chi connectivity index (χ1v) is 8.14. The summed E-state index contributed by atoms with van der Waals surface area (Å²) >= 11 is 0. The number of nitrogens with zero attached hydrogens (tertiary/aromatic N) is 5. The molecule has 2 aromatic heterocycles. The molecule has 23 heavy (non-hydrogen) atoms. The predicted molar refractivity (Wildman–Crippen MR) is 89.5 cm³/mol. The Hall–Kier alpha value is -2.15. The van der Waals surface area contributed by atoms with Gasteiger partial charge in [0.1, 0.15) is 23.8 Å². The van der Waals surface area contributed by atoms with Crippen LogP contribution in [0.15, 0.2) is 24.8 Å². The van der Waals surface area contributed by atoms with Crippen molar-refractivity contribution in [2.75, 3.05) is 36.5 Å². The number of piperidine rings is 1. The molecule has 1 fully saturated rings. The van der Waals surface area contributed by atoms with Gasteiger partial charge in [-0.3, -0.25) is 0 Å². The van der Waals surface area contributed by atoms with Crippen LogP contribution in [0.1, 0.15) is 18.7 Å². The largest absolute Gasteiger partial charge is 0.396 e. The fourth-order valence-corrected chi connectivity index (χ4v) is 2.98. The monoisotopic (exact) mass is 316 g/mol. The summed E-state index contributed by atoms with van der Waals surface area (Å²) in [5.74, 6) is 3.15. The summed E-state index contributed by atoms with van der Waals surface area (Å²) in [5, 5.41) is 12.7. The molecule has 124 valence electrons. The molecule has 0 saturated carbocycles. The number of imidazole rings is 1. The van der Waals surface area contributed by atoms with Crippen LogP contribution in [0.4, 0.5) is 11.6 Å². The van der Waals surface area contributed by atoms with Gasteiger partial charge < -0.3 is 19.9 Å². The number of aliphatic hydroxyl groups excluding tert-OH is 1. The lowest BCUT2D eigenvalue weighted by molar-refractivity contribution is 0.208. The van der Waals surface area contributed by atoms with Crippen molar-refractivity contribution in [3.63, 3.8) is 0 Å². The van der Waals surface area contributed by atoms with Crippen molar-refractivity contribution in [1.82, 2.24) is 19.5 Å². The topological polar surface area (TPSA) is 79.1 Å². The van der Waals surface area contributed by atoms with Crippen LogP contribution >= 0.6 is 0 Å². The molecule has 1 aliphatic heterocycles. The quantitative estimate of drug-likeness (QED) is 0.830. The van der Waals surface area contributed by atoms with Crippen LogP contribution in [0.5, 0.6) is 0 Å². The summed E-state index contributed by atoms with van der Waals surface area (Å²) in [6.45, 7) is 2.87. The van der Waals surface area contributed by atoms with E-state index in [1.54, 1.807) is 6.33 Å². The van der Waals surface area contributed by atoms with E-state index in [-0.39, 0.29) is 6.61 Å². The lowest BCUT2D eigenvalue weighted by atomic mass is 9.99. The van der Waals surface area contributed by atoms with Crippen LogP contribution in [-0.2, 0) is 13.5 Å². The van der Waals surface area contributed by atoms with Crippen LogP contribution in [0.2, 0.25) is 0 Å². The number of aromatic nitrogens is 4. The Morgan fingerprint density at radius 1 is 1.35 bits per heavy atom. The number of nitrogens with one attached hydrogen (secondary N) is 1. The van der Waals surface area contributed by atoms with Gasteiger partial charge >= 0.3 is 0 Å². The van der Waals surface area contributed by atoms with Crippen LogP contribution in [0.25, 0.3) is 0 Å². The summed E-state index contributed by atoms with van der Waals surface area (Å²) in [6.07, 6.45) is 8.39. The van der Waals surface area contributed by atoms with Crippen molar-refractivity contribution in [1.29, 1.82) is 0 Å². The molecule has 2 aromatic rings. The van der Waals surface area contributed by atoms with Crippen LogP contribution in [-0.4, -0.2) is 50.9 Å². The molecule has 0 spiro atoms. The minimum atomic E-state index is 0.246. The Balaban J connectivity index is 1.57. The van der Waals surface area contributed by atoms with Crippen LogP contribution < -0.4 is 10.2 Å². The molecule has 1 unspecified atom stereocenters. The minimum Gasteiger partial charge on any atom is -0.396 e. The average molecular weight is 316 g/mol. The van der Waals surface area contributed by atoms with Gasteiger partial charge in [-0.1, -0.05) is 0 Å². The van der Waals surface area contributed by atoms with Crippen molar-refractivity contribution in [3.05, 3.63) is 30.6 Å². The zero-order valence-corrected chi connectivity index (χ0v) is 13.5. The van der Waals surface area contributed by atoms with E-state index in [9.17, 15) is 5.11 Å². The molecule has 7 nitrogen and oxygen atoms in total. The maximum atomic E-state index is 9.36. The molecule has 1 saturated heterocycles. The fraction of sp³-hybridized carbons (Fsp3) is 0.562. The number of hydrogen-bond acceptors (Lipinski definition) is 6. The Kier molecular flexibility index (Phi) is 5.07. The van der Waals surface area contributed by atoms with Gasteiger partial charge in [0, 0.05) is 58.2 Å². The molecule has 0 aliphatic carbocycles. The second-order valence-corrected chi connectivity index (χ2v) is 6.03. The highest BCUT2D eigenvalue weighted by Crippen LogP contribution is 2.22. The Morgan fingerprint density at radius 3 is 3.04 bits per heavy atom. The van der Waals surface area contributed by atoms with E-state index in [1.807, 2.05) is 30.1 Å².